The normalized spacial score (nSPS) is 20.0. The number of rotatable bonds is 4. The van der Waals surface area contributed by atoms with Crippen LogP contribution < -0.4 is 5.32 Å². The molecule has 1 atom stereocenters. The highest BCUT2D eigenvalue weighted by Crippen LogP contribution is 2.15. The summed E-state index contributed by atoms with van der Waals surface area (Å²) >= 11 is 4.21. The zero-order valence-corrected chi connectivity index (χ0v) is 11.6. The molecule has 0 aliphatic carbocycles. The van der Waals surface area contributed by atoms with Crippen LogP contribution in [0.5, 0.6) is 0 Å². The first-order chi connectivity index (χ1) is 8.69. The molecule has 98 valence electrons. The molecule has 0 spiro atoms. The highest BCUT2D eigenvalue weighted by atomic mass is 32.1. The van der Waals surface area contributed by atoms with Gasteiger partial charge < -0.3 is 10.2 Å². The standard InChI is InChI=1S/C14H20N2OS/c1-2-16-8-7-11(10-16)9-15-14(17)12-3-5-13(18)6-4-12/h3-6,11,18H,2,7-10H2,1H3,(H,15,17). The van der Waals surface area contributed by atoms with Crippen LogP contribution in [0.25, 0.3) is 0 Å². The van der Waals surface area contributed by atoms with Crippen LogP contribution in [0.4, 0.5) is 0 Å². The third-order valence-electron chi connectivity index (χ3n) is 3.50. The Kier molecular flexibility index (Phi) is 4.66. The number of nitrogens with one attached hydrogen (secondary N) is 1. The average molecular weight is 264 g/mol. The number of hydrogen-bond donors (Lipinski definition) is 2. The molecule has 1 heterocycles. The van der Waals surface area contributed by atoms with Crippen LogP contribution in [0.15, 0.2) is 29.2 Å². The van der Waals surface area contributed by atoms with Gasteiger partial charge in [-0.15, -0.1) is 12.6 Å². The predicted molar refractivity (Wildman–Crippen MR) is 76.2 cm³/mol. The zero-order valence-electron chi connectivity index (χ0n) is 10.7. The molecule has 1 aromatic carbocycles. The third kappa shape index (κ3) is 3.50. The van der Waals surface area contributed by atoms with Crippen LogP contribution in [0.1, 0.15) is 23.7 Å². The predicted octanol–water partition coefficient (Wildman–Crippen LogP) is 2.05. The lowest BCUT2D eigenvalue weighted by Crippen LogP contribution is -2.30. The third-order valence-corrected chi connectivity index (χ3v) is 3.80. The molecule has 3 nitrogen and oxygen atoms in total. The van der Waals surface area contributed by atoms with Gasteiger partial charge in [-0.2, -0.15) is 0 Å². The van der Waals surface area contributed by atoms with E-state index in [-0.39, 0.29) is 5.91 Å². The van der Waals surface area contributed by atoms with Gasteiger partial charge in [0.25, 0.3) is 5.91 Å². The highest BCUT2D eigenvalue weighted by Gasteiger charge is 2.21. The summed E-state index contributed by atoms with van der Waals surface area (Å²) in [5, 5.41) is 3.01. The summed E-state index contributed by atoms with van der Waals surface area (Å²) in [6.45, 7) is 6.32. The van der Waals surface area contributed by atoms with Crippen molar-refractivity contribution in [2.24, 2.45) is 5.92 Å². The Morgan fingerprint density at radius 2 is 2.17 bits per heavy atom. The lowest BCUT2D eigenvalue weighted by Gasteiger charge is -2.13. The second-order valence-electron chi connectivity index (χ2n) is 4.80. The van der Waals surface area contributed by atoms with E-state index < -0.39 is 0 Å². The molecule has 1 aliphatic rings. The van der Waals surface area contributed by atoms with Gasteiger partial charge in [0.15, 0.2) is 0 Å². The summed E-state index contributed by atoms with van der Waals surface area (Å²) in [7, 11) is 0. The van der Waals surface area contributed by atoms with Gasteiger partial charge in [0, 0.05) is 23.5 Å². The first-order valence-corrected chi connectivity index (χ1v) is 6.93. The summed E-state index contributed by atoms with van der Waals surface area (Å²) in [5.41, 5.74) is 0.707. The van der Waals surface area contributed by atoms with Crippen molar-refractivity contribution in [3.63, 3.8) is 0 Å². The van der Waals surface area contributed by atoms with Crippen LogP contribution in [0.2, 0.25) is 0 Å². The zero-order chi connectivity index (χ0) is 13.0. The van der Waals surface area contributed by atoms with E-state index in [1.54, 1.807) is 0 Å². The number of thiol groups is 1. The van der Waals surface area contributed by atoms with Crippen LogP contribution in [-0.2, 0) is 0 Å². The maximum Gasteiger partial charge on any atom is 0.251 e. The summed E-state index contributed by atoms with van der Waals surface area (Å²) < 4.78 is 0. The van der Waals surface area contributed by atoms with Crippen LogP contribution >= 0.6 is 12.6 Å². The minimum absolute atomic E-state index is 0.0123. The summed E-state index contributed by atoms with van der Waals surface area (Å²) in [6, 6.07) is 7.30. The molecule has 1 aromatic rings. The first kappa shape index (κ1) is 13.4. The fraction of sp³-hybridized carbons (Fsp3) is 0.500. The van der Waals surface area contributed by atoms with Gasteiger partial charge in [-0.25, -0.2) is 0 Å². The monoisotopic (exact) mass is 264 g/mol. The van der Waals surface area contributed by atoms with Gasteiger partial charge in [0.05, 0.1) is 0 Å². The topological polar surface area (TPSA) is 32.3 Å². The van der Waals surface area contributed by atoms with E-state index >= 15 is 0 Å². The van der Waals surface area contributed by atoms with E-state index in [4.69, 9.17) is 0 Å². The molecule has 1 amide bonds. The molecule has 1 unspecified atom stereocenters. The summed E-state index contributed by atoms with van der Waals surface area (Å²) in [5.74, 6) is 0.608. The molecule has 0 aromatic heterocycles. The first-order valence-electron chi connectivity index (χ1n) is 6.48. The van der Waals surface area contributed by atoms with E-state index in [2.05, 4.69) is 29.8 Å². The molecule has 1 fully saturated rings. The van der Waals surface area contributed by atoms with Gasteiger partial charge in [-0.1, -0.05) is 6.92 Å². The molecule has 1 N–H and O–H groups in total. The molecule has 4 heteroatoms. The van der Waals surface area contributed by atoms with Crippen molar-refractivity contribution >= 4 is 18.5 Å². The van der Waals surface area contributed by atoms with E-state index in [1.165, 1.54) is 6.42 Å². The molecule has 1 aliphatic heterocycles. The van der Waals surface area contributed by atoms with Gasteiger partial charge in [-0.3, -0.25) is 4.79 Å². The average Bonchev–Trinajstić information content (AvgIpc) is 2.85. The molecule has 0 radical (unpaired) electrons. The fourth-order valence-corrected chi connectivity index (χ4v) is 2.47. The lowest BCUT2D eigenvalue weighted by atomic mass is 10.1. The highest BCUT2D eigenvalue weighted by molar-refractivity contribution is 7.80. The van der Waals surface area contributed by atoms with E-state index in [0.717, 1.165) is 31.1 Å². The van der Waals surface area contributed by atoms with Gasteiger partial charge in [0.1, 0.15) is 0 Å². The number of carbonyl (C=O) groups is 1. The largest absolute Gasteiger partial charge is 0.352 e. The molecule has 2 rings (SSSR count). The van der Waals surface area contributed by atoms with Gasteiger partial charge in [0.2, 0.25) is 0 Å². The number of amides is 1. The van der Waals surface area contributed by atoms with Gasteiger partial charge >= 0.3 is 0 Å². The van der Waals surface area contributed by atoms with Crippen LogP contribution in [0.3, 0.4) is 0 Å². The second kappa shape index (κ2) is 6.25. The van der Waals surface area contributed by atoms with Crippen molar-refractivity contribution in [3.05, 3.63) is 29.8 Å². The maximum absolute atomic E-state index is 11.9. The number of hydrogen-bond acceptors (Lipinski definition) is 3. The SMILES string of the molecule is CCN1CCC(CNC(=O)c2ccc(S)cc2)C1. The summed E-state index contributed by atoms with van der Waals surface area (Å²) in [4.78, 5) is 15.2. The van der Waals surface area contributed by atoms with Crippen LogP contribution in [0, 0.1) is 5.92 Å². The number of likely N-dealkylation sites (tertiary alicyclic amines) is 1. The van der Waals surface area contributed by atoms with Crippen molar-refractivity contribution in [1.82, 2.24) is 10.2 Å². The van der Waals surface area contributed by atoms with E-state index in [0.29, 0.717) is 11.5 Å². The van der Waals surface area contributed by atoms with E-state index in [1.807, 2.05) is 24.3 Å². The Hall–Kier alpha value is -1.00. The number of nitrogens with zero attached hydrogens (tertiary/aromatic N) is 1. The smallest absolute Gasteiger partial charge is 0.251 e. The summed E-state index contributed by atoms with van der Waals surface area (Å²) in [6.07, 6.45) is 1.18. The second-order valence-corrected chi connectivity index (χ2v) is 5.32. The van der Waals surface area contributed by atoms with Crippen molar-refractivity contribution in [2.45, 2.75) is 18.2 Å². The van der Waals surface area contributed by atoms with Crippen LogP contribution in [-0.4, -0.2) is 37.0 Å². The lowest BCUT2D eigenvalue weighted by molar-refractivity contribution is 0.0947. The Morgan fingerprint density at radius 1 is 1.44 bits per heavy atom. The molecule has 0 bridgehead atoms. The molecule has 18 heavy (non-hydrogen) atoms. The van der Waals surface area contributed by atoms with Crippen molar-refractivity contribution < 1.29 is 4.79 Å². The number of carbonyl (C=O) groups excluding carboxylic acids is 1. The van der Waals surface area contributed by atoms with Crippen molar-refractivity contribution in [3.8, 4) is 0 Å². The minimum Gasteiger partial charge on any atom is -0.352 e. The quantitative estimate of drug-likeness (QED) is 0.816. The minimum atomic E-state index is 0.0123. The Balaban J connectivity index is 1.80. The maximum atomic E-state index is 11.9. The fourth-order valence-electron chi connectivity index (χ4n) is 2.32. The molecular weight excluding hydrogens is 244 g/mol. The van der Waals surface area contributed by atoms with Crippen molar-refractivity contribution in [2.75, 3.05) is 26.2 Å². The Bertz CT molecular complexity index is 405. The Labute approximate surface area is 114 Å². The Morgan fingerprint density at radius 3 is 2.78 bits per heavy atom. The molecule has 0 saturated carbocycles. The van der Waals surface area contributed by atoms with E-state index in [9.17, 15) is 4.79 Å². The molecular formula is C14H20N2OS. The molecule has 1 saturated heterocycles. The van der Waals surface area contributed by atoms with Gasteiger partial charge in [-0.05, 0) is 49.7 Å². The van der Waals surface area contributed by atoms with Crippen molar-refractivity contribution in [1.29, 1.82) is 0 Å². The number of benzene rings is 1.